The first-order valence-corrected chi connectivity index (χ1v) is 12.7. The van der Waals surface area contributed by atoms with Crippen LogP contribution >= 0.6 is 23.4 Å². The third kappa shape index (κ3) is 5.34. The Morgan fingerprint density at radius 1 is 0.941 bits per heavy atom. The van der Waals surface area contributed by atoms with Gasteiger partial charge in [0.1, 0.15) is 0 Å². The van der Waals surface area contributed by atoms with Crippen molar-refractivity contribution in [3.63, 3.8) is 0 Å². The van der Waals surface area contributed by atoms with Gasteiger partial charge < -0.3 is 5.32 Å². The number of carbonyl (C=O) groups is 1. The van der Waals surface area contributed by atoms with Crippen molar-refractivity contribution < 1.29 is 4.79 Å². The van der Waals surface area contributed by atoms with Crippen molar-refractivity contribution in [3.05, 3.63) is 88.4 Å². The molecule has 4 aromatic rings. The highest BCUT2D eigenvalue weighted by Gasteiger charge is 2.18. The third-order valence-corrected chi connectivity index (χ3v) is 6.80. The molecule has 0 aliphatic heterocycles. The largest absolute Gasteiger partial charge is 0.325 e. The molecule has 1 aromatic heterocycles. The highest BCUT2D eigenvalue weighted by atomic mass is 35.5. The predicted molar refractivity (Wildman–Crippen MR) is 141 cm³/mol. The third-order valence-electron chi connectivity index (χ3n) is 5.62. The highest BCUT2D eigenvalue weighted by molar-refractivity contribution is 7.99. The lowest BCUT2D eigenvalue weighted by Gasteiger charge is -2.14. The summed E-state index contributed by atoms with van der Waals surface area (Å²) in [5.74, 6) is 0.867. The smallest absolute Gasteiger partial charge is 0.234 e. The van der Waals surface area contributed by atoms with Gasteiger partial charge in [0.15, 0.2) is 11.0 Å². The number of nitrogens with one attached hydrogen (secondary N) is 1. The molecule has 7 heteroatoms. The molecule has 34 heavy (non-hydrogen) atoms. The molecule has 0 fully saturated rings. The van der Waals surface area contributed by atoms with E-state index in [0.29, 0.717) is 16.0 Å². The van der Waals surface area contributed by atoms with E-state index in [1.165, 1.54) is 17.3 Å². The summed E-state index contributed by atoms with van der Waals surface area (Å²) >= 11 is 7.45. The summed E-state index contributed by atoms with van der Waals surface area (Å²) in [7, 11) is 0. The van der Waals surface area contributed by atoms with Crippen LogP contribution in [-0.4, -0.2) is 26.4 Å². The van der Waals surface area contributed by atoms with Crippen molar-refractivity contribution in [2.24, 2.45) is 0 Å². The molecule has 0 unspecified atom stereocenters. The van der Waals surface area contributed by atoms with E-state index < -0.39 is 0 Å². The summed E-state index contributed by atoms with van der Waals surface area (Å²) in [5.41, 5.74) is 6.22. The van der Waals surface area contributed by atoms with Crippen LogP contribution in [0, 0.1) is 6.92 Å². The van der Waals surface area contributed by atoms with Gasteiger partial charge in [-0.25, -0.2) is 0 Å². The molecule has 1 heterocycles. The van der Waals surface area contributed by atoms with Crippen molar-refractivity contribution >= 4 is 35.0 Å². The fourth-order valence-electron chi connectivity index (χ4n) is 3.78. The summed E-state index contributed by atoms with van der Waals surface area (Å²) in [6, 6.07) is 21.9. The van der Waals surface area contributed by atoms with E-state index in [-0.39, 0.29) is 11.7 Å². The topological polar surface area (TPSA) is 59.8 Å². The number of hydrogen-bond acceptors (Lipinski definition) is 4. The van der Waals surface area contributed by atoms with Crippen LogP contribution in [0.5, 0.6) is 0 Å². The van der Waals surface area contributed by atoms with E-state index >= 15 is 0 Å². The number of hydrogen-bond donors (Lipinski definition) is 1. The number of amides is 1. The molecule has 0 spiro atoms. The summed E-state index contributed by atoms with van der Waals surface area (Å²) in [5, 5.41) is 13.3. The molecule has 3 aromatic carbocycles. The minimum absolute atomic E-state index is 0.0629. The van der Waals surface area contributed by atoms with Crippen molar-refractivity contribution in [3.8, 4) is 17.1 Å². The summed E-state index contributed by atoms with van der Waals surface area (Å²) in [6.07, 6.45) is 1.73. The molecule has 0 atom stereocenters. The van der Waals surface area contributed by atoms with E-state index in [4.69, 9.17) is 11.6 Å². The Balaban J connectivity index is 1.61. The van der Waals surface area contributed by atoms with Crippen LogP contribution in [0.15, 0.2) is 71.9 Å². The van der Waals surface area contributed by atoms with Gasteiger partial charge in [0, 0.05) is 22.0 Å². The first-order chi connectivity index (χ1) is 16.5. The maximum atomic E-state index is 12.9. The second-order valence-electron chi connectivity index (χ2n) is 7.98. The van der Waals surface area contributed by atoms with Gasteiger partial charge in [-0.3, -0.25) is 9.36 Å². The average Bonchev–Trinajstić information content (AvgIpc) is 3.27. The fourth-order valence-corrected chi connectivity index (χ4v) is 4.66. The van der Waals surface area contributed by atoms with Gasteiger partial charge in [-0.05, 0) is 67.3 Å². The zero-order valence-electron chi connectivity index (χ0n) is 19.5. The van der Waals surface area contributed by atoms with Gasteiger partial charge in [0.2, 0.25) is 5.91 Å². The molecular formula is C27H27ClN4OS. The molecule has 0 saturated heterocycles. The summed E-state index contributed by atoms with van der Waals surface area (Å²) in [6.45, 7) is 6.25. The number of para-hydroxylation sites is 1. The Labute approximate surface area is 209 Å². The number of halogens is 1. The van der Waals surface area contributed by atoms with Crippen LogP contribution < -0.4 is 5.32 Å². The van der Waals surface area contributed by atoms with Crippen molar-refractivity contribution in [1.29, 1.82) is 0 Å². The predicted octanol–water partition coefficient (Wildman–Crippen LogP) is 6.75. The van der Waals surface area contributed by atoms with Crippen LogP contribution in [0.3, 0.4) is 0 Å². The number of thioether (sulfide) groups is 1. The molecule has 1 amide bonds. The normalized spacial score (nSPS) is 10.9. The van der Waals surface area contributed by atoms with E-state index in [0.717, 1.165) is 40.9 Å². The Morgan fingerprint density at radius 2 is 1.59 bits per heavy atom. The second kappa shape index (κ2) is 10.9. The summed E-state index contributed by atoms with van der Waals surface area (Å²) < 4.78 is 1.98. The van der Waals surface area contributed by atoms with Crippen LogP contribution in [0.2, 0.25) is 5.02 Å². The number of rotatable bonds is 8. The van der Waals surface area contributed by atoms with E-state index in [9.17, 15) is 4.79 Å². The Kier molecular flexibility index (Phi) is 7.70. The number of aromatic nitrogens is 3. The van der Waals surface area contributed by atoms with Gasteiger partial charge in [-0.2, -0.15) is 0 Å². The average molecular weight is 491 g/mol. The van der Waals surface area contributed by atoms with Gasteiger partial charge >= 0.3 is 0 Å². The van der Waals surface area contributed by atoms with Crippen LogP contribution in [0.25, 0.3) is 17.1 Å². The van der Waals surface area contributed by atoms with Crippen LogP contribution in [0.4, 0.5) is 5.69 Å². The summed E-state index contributed by atoms with van der Waals surface area (Å²) in [4.78, 5) is 12.9. The SMILES string of the molecule is CCc1cccc(CC)c1NC(=O)CSc1nnc(-c2ccc(Cl)cc2)n1-c1ccc(C)cc1. The quantitative estimate of drug-likeness (QED) is 0.277. The number of anilines is 1. The molecular weight excluding hydrogens is 464 g/mol. The number of carbonyl (C=O) groups excluding carboxylic acids is 1. The first-order valence-electron chi connectivity index (χ1n) is 11.3. The first kappa shape index (κ1) is 24.0. The molecule has 4 rings (SSSR count). The Morgan fingerprint density at radius 3 is 2.21 bits per heavy atom. The highest BCUT2D eigenvalue weighted by Crippen LogP contribution is 2.29. The van der Waals surface area contributed by atoms with E-state index in [2.05, 4.69) is 60.6 Å². The number of aryl methyl sites for hydroxylation is 3. The monoisotopic (exact) mass is 490 g/mol. The van der Waals surface area contributed by atoms with Crippen molar-refractivity contribution in [2.45, 2.75) is 38.8 Å². The number of benzene rings is 3. The van der Waals surface area contributed by atoms with E-state index in [1.807, 2.05) is 47.0 Å². The molecule has 0 radical (unpaired) electrons. The van der Waals surface area contributed by atoms with Gasteiger partial charge in [-0.1, -0.05) is 73.1 Å². The Bertz CT molecular complexity index is 1260. The second-order valence-corrected chi connectivity index (χ2v) is 9.36. The van der Waals surface area contributed by atoms with Gasteiger partial charge in [0.25, 0.3) is 0 Å². The van der Waals surface area contributed by atoms with Gasteiger partial charge in [-0.15, -0.1) is 10.2 Å². The minimum atomic E-state index is -0.0629. The zero-order chi connectivity index (χ0) is 24.1. The molecule has 0 aliphatic carbocycles. The Hall–Kier alpha value is -3.09. The molecule has 174 valence electrons. The van der Waals surface area contributed by atoms with Crippen LogP contribution in [0.1, 0.15) is 30.5 Å². The van der Waals surface area contributed by atoms with Crippen LogP contribution in [-0.2, 0) is 17.6 Å². The lowest BCUT2D eigenvalue weighted by molar-refractivity contribution is -0.113. The molecule has 1 N–H and O–H groups in total. The molecule has 5 nitrogen and oxygen atoms in total. The zero-order valence-corrected chi connectivity index (χ0v) is 21.1. The van der Waals surface area contributed by atoms with Gasteiger partial charge in [0.05, 0.1) is 5.75 Å². The van der Waals surface area contributed by atoms with E-state index in [1.54, 1.807) is 0 Å². The molecule has 0 aliphatic rings. The maximum absolute atomic E-state index is 12.9. The molecule has 0 saturated carbocycles. The number of nitrogens with zero attached hydrogens (tertiary/aromatic N) is 3. The fraction of sp³-hybridized carbons (Fsp3) is 0.222. The van der Waals surface area contributed by atoms with Crippen molar-refractivity contribution in [2.75, 3.05) is 11.1 Å². The molecule has 0 bridgehead atoms. The maximum Gasteiger partial charge on any atom is 0.234 e. The lowest BCUT2D eigenvalue weighted by Crippen LogP contribution is -2.17. The lowest BCUT2D eigenvalue weighted by atomic mass is 10.0. The minimum Gasteiger partial charge on any atom is -0.325 e. The standard InChI is InChI=1S/C27H27ClN4OS/c1-4-19-7-6-8-20(5-2)25(19)29-24(33)17-34-27-31-30-26(21-11-13-22(28)14-12-21)32(27)23-15-9-18(3)10-16-23/h6-16H,4-5,17H2,1-3H3,(H,29,33). The van der Waals surface area contributed by atoms with Crippen molar-refractivity contribution in [1.82, 2.24) is 14.8 Å².